The number of carbonyl (C=O) groups is 2. The first-order valence-electron chi connectivity index (χ1n) is 6.17. The molecule has 0 aromatic rings. The molecule has 0 aromatic carbocycles. The molecule has 17 heavy (non-hydrogen) atoms. The summed E-state index contributed by atoms with van der Waals surface area (Å²) < 4.78 is 0. The highest BCUT2D eigenvalue weighted by Crippen LogP contribution is 2.21. The Balaban J connectivity index is 2.66. The maximum atomic E-state index is 12.0. The summed E-state index contributed by atoms with van der Waals surface area (Å²) in [7, 11) is 0. The van der Waals surface area contributed by atoms with Crippen molar-refractivity contribution in [2.75, 3.05) is 13.1 Å². The van der Waals surface area contributed by atoms with Gasteiger partial charge in [0.05, 0.1) is 0 Å². The predicted octanol–water partition coefficient (Wildman–Crippen LogP) is 2.06. The average Bonchev–Trinajstić information content (AvgIpc) is 2.36. The number of nitrogens with zero attached hydrogens (tertiary/aromatic N) is 1. The van der Waals surface area contributed by atoms with E-state index in [-0.39, 0.29) is 11.5 Å². The van der Waals surface area contributed by atoms with Crippen LogP contribution in [0.3, 0.4) is 0 Å². The first-order chi connectivity index (χ1) is 7.97. The maximum Gasteiger partial charge on any atom is 0.331 e. The van der Waals surface area contributed by atoms with Gasteiger partial charge in [-0.1, -0.05) is 13.3 Å². The van der Waals surface area contributed by atoms with E-state index in [2.05, 4.69) is 6.92 Å². The Morgan fingerprint density at radius 2 is 1.71 bits per heavy atom. The molecule has 0 bridgehead atoms. The molecular weight excluding hydrogens is 218 g/mol. The molecule has 1 aliphatic rings. The highest BCUT2D eigenvalue weighted by atomic mass is 16.4. The van der Waals surface area contributed by atoms with Crippen LogP contribution in [0.5, 0.6) is 0 Å². The van der Waals surface area contributed by atoms with Crippen molar-refractivity contribution in [3.63, 3.8) is 0 Å². The fourth-order valence-corrected chi connectivity index (χ4v) is 2.10. The predicted molar refractivity (Wildman–Crippen MR) is 65.6 cm³/mol. The molecule has 0 aromatic heterocycles. The van der Waals surface area contributed by atoms with Crippen LogP contribution in [-0.4, -0.2) is 35.0 Å². The topological polar surface area (TPSA) is 57.6 Å². The molecule has 1 fully saturated rings. The van der Waals surface area contributed by atoms with Gasteiger partial charge in [0, 0.05) is 24.2 Å². The minimum absolute atomic E-state index is 0.126. The molecule has 1 amide bonds. The normalized spacial score (nSPS) is 18.9. The molecule has 96 valence electrons. The van der Waals surface area contributed by atoms with E-state index in [4.69, 9.17) is 5.11 Å². The quantitative estimate of drug-likeness (QED) is 0.767. The van der Waals surface area contributed by atoms with Gasteiger partial charge in [-0.25, -0.2) is 4.79 Å². The zero-order valence-electron chi connectivity index (χ0n) is 10.8. The fraction of sp³-hybridized carbons (Fsp3) is 0.692. The van der Waals surface area contributed by atoms with Crippen LogP contribution in [0, 0.1) is 5.92 Å². The van der Waals surface area contributed by atoms with Gasteiger partial charge in [0.2, 0.25) is 5.91 Å². The van der Waals surface area contributed by atoms with Crippen molar-refractivity contribution in [2.45, 2.75) is 40.0 Å². The highest BCUT2D eigenvalue weighted by Gasteiger charge is 2.24. The molecule has 1 heterocycles. The second-order valence-electron chi connectivity index (χ2n) is 4.70. The summed E-state index contributed by atoms with van der Waals surface area (Å²) >= 11 is 0. The molecule has 0 unspecified atom stereocenters. The van der Waals surface area contributed by atoms with Gasteiger partial charge >= 0.3 is 5.97 Å². The highest BCUT2D eigenvalue weighted by molar-refractivity contribution is 6.01. The smallest absolute Gasteiger partial charge is 0.331 e. The fourth-order valence-electron chi connectivity index (χ4n) is 2.10. The van der Waals surface area contributed by atoms with E-state index < -0.39 is 5.97 Å². The number of rotatable bonds is 3. The van der Waals surface area contributed by atoms with E-state index in [1.54, 1.807) is 11.8 Å². The molecule has 1 aliphatic heterocycles. The van der Waals surface area contributed by atoms with Crippen LogP contribution in [0.1, 0.15) is 40.0 Å². The van der Waals surface area contributed by atoms with Gasteiger partial charge in [-0.05, 0) is 32.6 Å². The summed E-state index contributed by atoms with van der Waals surface area (Å²) in [4.78, 5) is 24.6. The van der Waals surface area contributed by atoms with Gasteiger partial charge < -0.3 is 10.0 Å². The van der Waals surface area contributed by atoms with Crippen LogP contribution >= 0.6 is 0 Å². The standard InChI is InChI=1S/C13H21NO3/c1-4-11-5-7-14(8-6-11)12(15)9(2)10(3)13(16)17/h11H,4-8H2,1-3H3,(H,16,17). The summed E-state index contributed by atoms with van der Waals surface area (Å²) in [6.45, 7) is 6.75. The van der Waals surface area contributed by atoms with Crippen LogP contribution < -0.4 is 0 Å². The van der Waals surface area contributed by atoms with Crippen molar-refractivity contribution in [1.29, 1.82) is 0 Å². The lowest BCUT2D eigenvalue weighted by atomic mass is 9.94. The SMILES string of the molecule is CCC1CCN(C(=O)C(C)=C(C)C(=O)O)CC1. The Hall–Kier alpha value is -1.32. The van der Waals surface area contributed by atoms with Crippen molar-refractivity contribution in [3.05, 3.63) is 11.1 Å². The number of carboxylic acids is 1. The van der Waals surface area contributed by atoms with E-state index >= 15 is 0 Å². The number of hydrogen-bond acceptors (Lipinski definition) is 2. The number of carboxylic acid groups (broad SMARTS) is 1. The van der Waals surface area contributed by atoms with Gasteiger partial charge in [-0.2, -0.15) is 0 Å². The lowest BCUT2D eigenvalue weighted by Crippen LogP contribution is -2.39. The van der Waals surface area contributed by atoms with Crippen molar-refractivity contribution >= 4 is 11.9 Å². The molecule has 1 N–H and O–H groups in total. The third-order valence-electron chi connectivity index (χ3n) is 3.68. The first-order valence-corrected chi connectivity index (χ1v) is 6.17. The third kappa shape index (κ3) is 3.32. The zero-order valence-corrected chi connectivity index (χ0v) is 10.8. The molecule has 1 saturated heterocycles. The lowest BCUT2D eigenvalue weighted by molar-refractivity contribution is -0.134. The van der Waals surface area contributed by atoms with Crippen LogP contribution in [-0.2, 0) is 9.59 Å². The van der Waals surface area contributed by atoms with E-state index in [9.17, 15) is 9.59 Å². The first kappa shape index (κ1) is 13.7. The van der Waals surface area contributed by atoms with Crippen molar-refractivity contribution in [2.24, 2.45) is 5.92 Å². The lowest BCUT2D eigenvalue weighted by Gasteiger charge is -2.32. The number of likely N-dealkylation sites (tertiary alicyclic amines) is 1. The molecule has 4 nitrogen and oxygen atoms in total. The Labute approximate surface area is 102 Å². The van der Waals surface area contributed by atoms with Gasteiger partial charge in [0.25, 0.3) is 0 Å². The largest absolute Gasteiger partial charge is 0.478 e. The van der Waals surface area contributed by atoms with Crippen LogP contribution in [0.2, 0.25) is 0 Å². The molecule has 4 heteroatoms. The summed E-state index contributed by atoms with van der Waals surface area (Å²) in [6.07, 6.45) is 3.22. The number of piperidine rings is 1. The molecule has 0 aliphatic carbocycles. The molecule has 0 saturated carbocycles. The molecule has 0 radical (unpaired) electrons. The number of hydrogen-bond donors (Lipinski definition) is 1. The average molecular weight is 239 g/mol. The summed E-state index contributed by atoms with van der Waals surface area (Å²) in [5, 5.41) is 8.85. The van der Waals surface area contributed by atoms with Gasteiger partial charge in [-0.3, -0.25) is 4.79 Å². The van der Waals surface area contributed by atoms with Gasteiger partial charge in [0.15, 0.2) is 0 Å². The molecular formula is C13H21NO3. The van der Waals surface area contributed by atoms with Gasteiger partial charge in [-0.15, -0.1) is 0 Å². The molecule has 0 atom stereocenters. The Bertz CT molecular complexity index is 339. The zero-order chi connectivity index (χ0) is 13.0. The summed E-state index contributed by atoms with van der Waals surface area (Å²) in [6, 6.07) is 0. The van der Waals surface area contributed by atoms with Crippen molar-refractivity contribution in [3.8, 4) is 0 Å². The van der Waals surface area contributed by atoms with Crippen LogP contribution in [0.15, 0.2) is 11.1 Å². The molecule has 0 spiro atoms. The second kappa shape index (κ2) is 5.84. The number of carbonyl (C=O) groups excluding carboxylic acids is 1. The Morgan fingerprint density at radius 3 is 2.12 bits per heavy atom. The summed E-state index contributed by atoms with van der Waals surface area (Å²) in [5.74, 6) is -0.428. The van der Waals surface area contributed by atoms with Gasteiger partial charge in [0.1, 0.15) is 0 Å². The Kier molecular flexibility index (Phi) is 4.73. The number of aliphatic carboxylic acids is 1. The monoisotopic (exact) mass is 239 g/mol. The van der Waals surface area contributed by atoms with E-state index in [1.165, 1.54) is 6.92 Å². The minimum atomic E-state index is -1.01. The number of amides is 1. The third-order valence-corrected chi connectivity index (χ3v) is 3.68. The second-order valence-corrected chi connectivity index (χ2v) is 4.70. The molecule has 1 rings (SSSR count). The van der Waals surface area contributed by atoms with E-state index in [0.717, 1.165) is 32.4 Å². The van der Waals surface area contributed by atoms with Crippen molar-refractivity contribution in [1.82, 2.24) is 4.90 Å². The Morgan fingerprint density at radius 1 is 1.18 bits per heavy atom. The van der Waals surface area contributed by atoms with Crippen molar-refractivity contribution < 1.29 is 14.7 Å². The maximum absolute atomic E-state index is 12.0. The van der Waals surface area contributed by atoms with E-state index in [1.807, 2.05) is 0 Å². The van der Waals surface area contributed by atoms with Crippen LogP contribution in [0.25, 0.3) is 0 Å². The van der Waals surface area contributed by atoms with Crippen LogP contribution in [0.4, 0.5) is 0 Å². The van der Waals surface area contributed by atoms with E-state index in [0.29, 0.717) is 11.5 Å². The summed E-state index contributed by atoms with van der Waals surface area (Å²) in [5.41, 5.74) is 0.500. The minimum Gasteiger partial charge on any atom is -0.478 e.